The Morgan fingerprint density at radius 3 is 2.52 bits per heavy atom. The number of hydrogen-bond donors (Lipinski definition) is 1. The second-order valence-electron chi connectivity index (χ2n) is 4.20. The van der Waals surface area contributed by atoms with Gasteiger partial charge in [0.15, 0.2) is 0 Å². The van der Waals surface area contributed by atoms with Gasteiger partial charge in [-0.05, 0) is 23.7 Å². The summed E-state index contributed by atoms with van der Waals surface area (Å²) >= 11 is 0. The molecule has 0 aliphatic heterocycles. The number of rotatable bonds is 3. The van der Waals surface area contributed by atoms with Crippen LogP contribution in [0.3, 0.4) is 0 Å². The predicted octanol–water partition coefficient (Wildman–Crippen LogP) is 2.14. The molecular weight excluding hydrogens is 309 g/mol. The predicted molar refractivity (Wildman–Crippen MR) is 72.8 cm³/mol. The van der Waals surface area contributed by atoms with Crippen LogP contribution < -0.4 is 5.73 Å². The average Bonchev–Trinajstić information content (AvgIpc) is 2.36. The molecule has 0 saturated carbocycles. The number of guanidine groups is 1. The van der Waals surface area contributed by atoms with Crippen LogP contribution in [0.5, 0.6) is 0 Å². The normalized spacial score (nSPS) is 17.0. The topological polar surface area (TPSA) is 89.9 Å². The molecule has 0 aliphatic carbocycles. The first-order valence-corrected chi connectivity index (χ1v) is 7.67. The van der Waals surface area contributed by atoms with E-state index < -0.39 is 26.8 Å². The van der Waals surface area contributed by atoms with Crippen molar-refractivity contribution in [3.05, 3.63) is 29.6 Å². The SMILES string of the molecule is CO/N=C(/N)N=S(C)(=O)C(C)c1ccc(C(F)(F)F)nc1. The molecule has 1 aromatic rings. The van der Waals surface area contributed by atoms with Crippen LogP contribution in [-0.4, -0.2) is 28.5 Å². The van der Waals surface area contributed by atoms with E-state index in [0.29, 0.717) is 5.56 Å². The smallest absolute Gasteiger partial charge is 0.396 e. The molecule has 118 valence electrons. The molecule has 1 aromatic heterocycles. The molecule has 0 fully saturated rings. The van der Waals surface area contributed by atoms with Gasteiger partial charge in [0.05, 0.1) is 15.0 Å². The van der Waals surface area contributed by atoms with Crippen LogP contribution in [0, 0.1) is 0 Å². The van der Waals surface area contributed by atoms with Crippen LogP contribution in [0.4, 0.5) is 13.2 Å². The molecule has 10 heteroatoms. The standard InChI is InChI=1S/C11H15F3N4O2S/c1-7(21(3,19)18-10(15)17-20-2)8-4-5-9(16-6-8)11(12,13)14/h4-7H,1-3H3,(H2,15,17). The Balaban J connectivity index is 3.11. The summed E-state index contributed by atoms with van der Waals surface area (Å²) in [4.78, 5) is 7.72. The summed E-state index contributed by atoms with van der Waals surface area (Å²) < 4.78 is 53.4. The van der Waals surface area contributed by atoms with Crippen LogP contribution in [0.15, 0.2) is 27.8 Å². The monoisotopic (exact) mass is 324 g/mol. The second kappa shape index (κ2) is 6.29. The van der Waals surface area contributed by atoms with Crippen LogP contribution >= 0.6 is 0 Å². The third-order valence-electron chi connectivity index (χ3n) is 2.66. The van der Waals surface area contributed by atoms with Gasteiger partial charge in [0, 0.05) is 12.5 Å². The summed E-state index contributed by atoms with van der Waals surface area (Å²) in [5.74, 6) is -0.309. The molecule has 0 spiro atoms. The fourth-order valence-electron chi connectivity index (χ4n) is 1.44. The molecule has 0 bridgehead atoms. The van der Waals surface area contributed by atoms with E-state index in [4.69, 9.17) is 5.73 Å². The van der Waals surface area contributed by atoms with Gasteiger partial charge in [-0.15, -0.1) is 0 Å². The van der Waals surface area contributed by atoms with Gasteiger partial charge in [-0.25, -0.2) is 4.21 Å². The second-order valence-corrected chi connectivity index (χ2v) is 6.81. The first kappa shape index (κ1) is 17.2. The molecule has 6 nitrogen and oxygen atoms in total. The molecule has 2 N–H and O–H groups in total. The van der Waals surface area contributed by atoms with Crippen LogP contribution in [0.1, 0.15) is 23.4 Å². The summed E-state index contributed by atoms with van der Waals surface area (Å²) in [6.45, 7) is 1.55. The number of oxime groups is 1. The maximum absolute atomic E-state index is 12.4. The van der Waals surface area contributed by atoms with E-state index in [1.165, 1.54) is 19.4 Å². The summed E-state index contributed by atoms with van der Waals surface area (Å²) in [6, 6.07) is 2.04. The van der Waals surface area contributed by atoms with E-state index in [1.54, 1.807) is 6.92 Å². The van der Waals surface area contributed by atoms with Crippen LogP contribution in [0.2, 0.25) is 0 Å². The number of aromatic nitrogens is 1. The molecule has 0 aromatic carbocycles. The lowest BCUT2D eigenvalue weighted by Crippen LogP contribution is -2.16. The minimum Gasteiger partial charge on any atom is -0.396 e. The Morgan fingerprint density at radius 2 is 2.10 bits per heavy atom. The largest absolute Gasteiger partial charge is 0.433 e. The number of alkyl halides is 3. The van der Waals surface area contributed by atoms with Crippen LogP contribution in [0.25, 0.3) is 0 Å². The number of nitrogens with zero attached hydrogens (tertiary/aromatic N) is 3. The lowest BCUT2D eigenvalue weighted by molar-refractivity contribution is -0.141. The van der Waals surface area contributed by atoms with Gasteiger partial charge >= 0.3 is 6.18 Å². The molecule has 2 unspecified atom stereocenters. The summed E-state index contributed by atoms with van der Waals surface area (Å²) in [6.07, 6.45) is -2.17. The van der Waals surface area contributed by atoms with E-state index in [1.807, 2.05) is 0 Å². The van der Waals surface area contributed by atoms with Crippen molar-refractivity contribution < 1.29 is 22.2 Å². The molecule has 1 rings (SSSR count). The van der Waals surface area contributed by atoms with E-state index in [0.717, 1.165) is 12.3 Å². The Labute approximate surface area is 120 Å². The minimum absolute atomic E-state index is 0.309. The van der Waals surface area contributed by atoms with E-state index >= 15 is 0 Å². The summed E-state index contributed by atoms with van der Waals surface area (Å²) in [5.41, 5.74) is 4.72. The first-order valence-electron chi connectivity index (χ1n) is 5.68. The average molecular weight is 324 g/mol. The van der Waals surface area contributed by atoms with Crippen molar-refractivity contribution in [1.82, 2.24) is 4.98 Å². The van der Waals surface area contributed by atoms with Crippen molar-refractivity contribution in [3.8, 4) is 0 Å². The zero-order valence-electron chi connectivity index (χ0n) is 11.6. The zero-order chi connectivity index (χ0) is 16.3. The molecule has 21 heavy (non-hydrogen) atoms. The maximum atomic E-state index is 12.4. The van der Waals surface area contributed by atoms with Gasteiger partial charge < -0.3 is 10.6 Å². The maximum Gasteiger partial charge on any atom is 0.433 e. The third kappa shape index (κ3) is 4.59. The van der Waals surface area contributed by atoms with Crippen molar-refractivity contribution >= 4 is 15.7 Å². The van der Waals surface area contributed by atoms with Gasteiger partial charge in [0.25, 0.3) is 5.96 Å². The molecular formula is C11H15F3N4O2S. The molecule has 0 saturated heterocycles. The Kier molecular flexibility index (Phi) is 5.15. The van der Waals surface area contributed by atoms with Crippen molar-refractivity contribution in [2.75, 3.05) is 13.4 Å². The highest BCUT2D eigenvalue weighted by Crippen LogP contribution is 2.29. The van der Waals surface area contributed by atoms with Gasteiger partial charge in [-0.3, -0.25) is 4.98 Å². The minimum atomic E-state index is -4.52. The Morgan fingerprint density at radius 1 is 1.48 bits per heavy atom. The van der Waals surface area contributed by atoms with E-state index in [9.17, 15) is 17.4 Å². The fourth-order valence-corrected chi connectivity index (χ4v) is 2.65. The van der Waals surface area contributed by atoms with Crippen LogP contribution in [-0.2, 0) is 20.7 Å². The quantitative estimate of drug-likeness (QED) is 0.524. The summed E-state index contributed by atoms with van der Waals surface area (Å²) in [7, 11) is -1.61. The fraction of sp³-hybridized carbons (Fsp3) is 0.455. The van der Waals surface area contributed by atoms with Crippen molar-refractivity contribution in [2.45, 2.75) is 18.3 Å². The molecule has 0 amide bonds. The lowest BCUT2D eigenvalue weighted by Gasteiger charge is -2.14. The number of pyridine rings is 1. The Hall–Kier alpha value is -1.84. The number of hydrogen-bond acceptors (Lipinski definition) is 4. The lowest BCUT2D eigenvalue weighted by atomic mass is 10.2. The number of nitrogens with two attached hydrogens (primary N) is 1. The molecule has 0 radical (unpaired) electrons. The van der Waals surface area contributed by atoms with Gasteiger partial charge in [0.2, 0.25) is 0 Å². The Bertz CT molecular complexity index is 634. The molecule has 1 heterocycles. The van der Waals surface area contributed by atoms with Gasteiger partial charge in [-0.1, -0.05) is 6.07 Å². The van der Waals surface area contributed by atoms with E-state index in [2.05, 4.69) is 19.3 Å². The van der Waals surface area contributed by atoms with Crippen molar-refractivity contribution in [1.29, 1.82) is 0 Å². The van der Waals surface area contributed by atoms with Crippen molar-refractivity contribution in [3.63, 3.8) is 0 Å². The van der Waals surface area contributed by atoms with Gasteiger partial charge in [0.1, 0.15) is 12.8 Å². The molecule has 2 atom stereocenters. The zero-order valence-corrected chi connectivity index (χ0v) is 12.4. The summed E-state index contributed by atoms with van der Waals surface area (Å²) in [5, 5.41) is 2.63. The highest BCUT2D eigenvalue weighted by molar-refractivity contribution is 7.93. The highest BCUT2D eigenvalue weighted by atomic mass is 32.2. The van der Waals surface area contributed by atoms with E-state index in [-0.39, 0.29) is 5.96 Å². The highest BCUT2D eigenvalue weighted by Gasteiger charge is 2.32. The van der Waals surface area contributed by atoms with Crippen molar-refractivity contribution in [2.24, 2.45) is 15.3 Å². The number of halogens is 3. The molecule has 0 aliphatic rings. The first-order chi connectivity index (χ1) is 9.58. The van der Waals surface area contributed by atoms with Gasteiger partial charge in [-0.2, -0.15) is 17.5 Å². The third-order valence-corrected chi connectivity index (χ3v) is 4.80.